The van der Waals surface area contributed by atoms with Gasteiger partial charge in [0, 0.05) is 26.8 Å². The number of benzene rings is 3. The fraction of sp³-hybridized carbons (Fsp3) is 0. The largest absolute Gasteiger partial charge is 0.507 e. The van der Waals surface area contributed by atoms with Crippen molar-refractivity contribution >= 4 is 39.7 Å². The maximum Gasteiger partial charge on any atom is 0.275 e. The van der Waals surface area contributed by atoms with Crippen molar-refractivity contribution in [2.24, 2.45) is 5.10 Å². The number of aromatic hydroxyl groups is 1. The Morgan fingerprint density at radius 3 is 2.58 bits per heavy atom. The second-order valence-corrected chi connectivity index (χ2v) is 7.93. The Morgan fingerprint density at radius 2 is 1.84 bits per heavy atom. The smallest absolute Gasteiger partial charge is 0.275 e. The first-order chi connectivity index (χ1) is 15.0. The minimum Gasteiger partial charge on any atom is -0.507 e. The van der Waals surface area contributed by atoms with E-state index in [0.717, 1.165) is 11.3 Å². The highest BCUT2D eigenvalue weighted by molar-refractivity contribution is 9.10. The van der Waals surface area contributed by atoms with E-state index in [1.807, 2.05) is 48.7 Å². The summed E-state index contributed by atoms with van der Waals surface area (Å²) in [7, 11) is 0. The number of hydrazone groups is 1. The Labute approximate surface area is 191 Å². The average Bonchev–Trinajstić information content (AvgIpc) is 3.20. The van der Waals surface area contributed by atoms with Crippen LogP contribution in [0.3, 0.4) is 0 Å². The minimum absolute atomic E-state index is 0.115. The van der Waals surface area contributed by atoms with E-state index in [1.165, 1.54) is 18.3 Å². The molecule has 8 heteroatoms. The summed E-state index contributed by atoms with van der Waals surface area (Å²) in [6, 6.07) is 21.6. The predicted molar refractivity (Wildman–Crippen MR) is 125 cm³/mol. The molecule has 154 valence electrons. The summed E-state index contributed by atoms with van der Waals surface area (Å²) in [6.45, 7) is 0. The summed E-state index contributed by atoms with van der Waals surface area (Å²) in [5.41, 5.74) is 5.69. The monoisotopic (exact) mass is 494 g/mol. The molecule has 0 aliphatic rings. The van der Waals surface area contributed by atoms with E-state index in [2.05, 4.69) is 31.6 Å². The number of carbonyl (C=O) groups excluding carboxylic acids is 1. The third kappa shape index (κ3) is 4.84. The number of amides is 1. The van der Waals surface area contributed by atoms with Crippen molar-refractivity contribution < 1.29 is 9.90 Å². The Balaban J connectivity index is 1.64. The number of halogens is 2. The van der Waals surface area contributed by atoms with E-state index in [-0.39, 0.29) is 11.3 Å². The second kappa shape index (κ2) is 9.16. The number of aromatic nitrogens is 2. The zero-order valence-corrected chi connectivity index (χ0v) is 18.4. The molecule has 4 rings (SSSR count). The molecule has 1 amide bonds. The molecule has 0 aliphatic heterocycles. The Hall–Kier alpha value is -3.42. The fourth-order valence-corrected chi connectivity index (χ4v) is 3.42. The molecular formula is C23H16BrClN4O2. The number of hydrogen-bond acceptors (Lipinski definition) is 4. The van der Waals surface area contributed by atoms with Crippen molar-refractivity contribution in [2.75, 3.05) is 0 Å². The molecule has 4 aromatic rings. The average molecular weight is 496 g/mol. The summed E-state index contributed by atoms with van der Waals surface area (Å²) in [5.74, 6) is -0.659. The molecular weight excluding hydrogens is 480 g/mol. The van der Waals surface area contributed by atoms with Gasteiger partial charge in [-0.05, 0) is 42.5 Å². The lowest BCUT2D eigenvalue weighted by molar-refractivity contribution is 0.0952. The van der Waals surface area contributed by atoms with E-state index in [4.69, 9.17) is 11.6 Å². The van der Waals surface area contributed by atoms with Crippen LogP contribution in [0.25, 0.3) is 16.9 Å². The number of hydrogen-bond donors (Lipinski definition) is 2. The molecule has 0 aliphatic carbocycles. The summed E-state index contributed by atoms with van der Waals surface area (Å²) in [5, 5.41) is 19.3. The number of para-hydroxylation sites is 1. The Bertz CT molecular complexity index is 1250. The van der Waals surface area contributed by atoms with E-state index in [1.54, 1.807) is 22.9 Å². The van der Waals surface area contributed by atoms with Gasteiger partial charge in [-0.2, -0.15) is 10.2 Å². The van der Waals surface area contributed by atoms with Crippen molar-refractivity contribution in [1.29, 1.82) is 0 Å². The van der Waals surface area contributed by atoms with Crippen LogP contribution in [0.2, 0.25) is 5.02 Å². The first kappa shape index (κ1) is 20.8. The summed E-state index contributed by atoms with van der Waals surface area (Å²) >= 11 is 9.30. The van der Waals surface area contributed by atoms with Gasteiger partial charge in [-0.3, -0.25) is 4.79 Å². The topological polar surface area (TPSA) is 79.5 Å². The van der Waals surface area contributed by atoms with Crippen LogP contribution in [0, 0.1) is 0 Å². The number of phenols is 1. The molecule has 0 spiro atoms. The van der Waals surface area contributed by atoms with Crippen molar-refractivity contribution in [3.8, 4) is 22.7 Å². The fourth-order valence-electron chi connectivity index (χ4n) is 2.94. The molecule has 1 heterocycles. The molecule has 1 aromatic heterocycles. The van der Waals surface area contributed by atoms with Crippen LogP contribution in [-0.2, 0) is 0 Å². The second-order valence-electron chi connectivity index (χ2n) is 6.58. The molecule has 0 bridgehead atoms. The maximum absolute atomic E-state index is 12.4. The van der Waals surface area contributed by atoms with Crippen LogP contribution in [-0.4, -0.2) is 27.0 Å². The number of nitrogens with zero attached hydrogens (tertiary/aromatic N) is 3. The van der Waals surface area contributed by atoms with Gasteiger partial charge < -0.3 is 5.11 Å². The molecule has 0 saturated carbocycles. The number of nitrogens with one attached hydrogen (secondary N) is 1. The van der Waals surface area contributed by atoms with Gasteiger partial charge in [-0.25, -0.2) is 10.1 Å². The van der Waals surface area contributed by atoms with Crippen LogP contribution in [0.4, 0.5) is 0 Å². The van der Waals surface area contributed by atoms with E-state index in [0.29, 0.717) is 20.8 Å². The van der Waals surface area contributed by atoms with E-state index < -0.39 is 5.91 Å². The Morgan fingerprint density at radius 1 is 1.10 bits per heavy atom. The highest BCUT2D eigenvalue weighted by atomic mass is 79.9. The molecule has 0 atom stereocenters. The SMILES string of the molecule is O=C(NN=Cc1cn(-c2ccccc2)nc1-c1ccc(Cl)cc1)c1cc(Br)ccc1O. The maximum atomic E-state index is 12.4. The zero-order valence-electron chi connectivity index (χ0n) is 16.0. The predicted octanol–water partition coefficient (Wildman–Crippen LogP) is 5.42. The molecule has 0 saturated heterocycles. The lowest BCUT2D eigenvalue weighted by Gasteiger charge is -2.03. The van der Waals surface area contributed by atoms with Gasteiger partial charge in [-0.1, -0.05) is 57.9 Å². The van der Waals surface area contributed by atoms with Gasteiger partial charge in [-0.15, -0.1) is 0 Å². The lowest BCUT2D eigenvalue weighted by atomic mass is 10.1. The van der Waals surface area contributed by atoms with Crippen LogP contribution in [0.15, 0.2) is 88.6 Å². The lowest BCUT2D eigenvalue weighted by Crippen LogP contribution is -2.17. The van der Waals surface area contributed by atoms with Crippen LogP contribution in [0.1, 0.15) is 15.9 Å². The molecule has 0 radical (unpaired) electrons. The van der Waals surface area contributed by atoms with E-state index >= 15 is 0 Å². The first-order valence-corrected chi connectivity index (χ1v) is 10.4. The Kier molecular flexibility index (Phi) is 6.16. The third-order valence-electron chi connectivity index (χ3n) is 4.45. The van der Waals surface area contributed by atoms with Gasteiger partial charge in [0.05, 0.1) is 17.5 Å². The van der Waals surface area contributed by atoms with Crippen molar-refractivity contribution in [1.82, 2.24) is 15.2 Å². The zero-order chi connectivity index (χ0) is 21.8. The van der Waals surface area contributed by atoms with Gasteiger partial charge in [0.25, 0.3) is 5.91 Å². The molecule has 2 N–H and O–H groups in total. The summed E-state index contributed by atoms with van der Waals surface area (Å²) in [4.78, 5) is 12.4. The van der Waals surface area contributed by atoms with Crippen molar-refractivity contribution in [3.05, 3.63) is 99.6 Å². The minimum atomic E-state index is -0.529. The van der Waals surface area contributed by atoms with Crippen molar-refractivity contribution in [3.63, 3.8) is 0 Å². The molecule has 0 fully saturated rings. The molecule has 31 heavy (non-hydrogen) atoms. The van der Waals surface area contributed by atoms with Gasteiger partial charge in [0.15, 0.2) is 0 Å². The van der Waals surface area contributed by atoms with Gasteiger partial charge >= 0.3 is 0 Å². The number of carbonyl (C=O) groups is 1. The highest BCUT2D eigenvalue weighted by Crippen LogP contribution is 2.25. The first-order valence-electron chi connectivity index (χ1n) is 9.24. The van der Waals surface area contributed by atoms with Crippen LogP contribution in [0.5, 0.6) is 5.75 Å². The third-order valence-corrected chi connectivity index (χ3v) is 5.20. The normalized spacial score (nSPS) is 11.0. The number of phenolic OH excluding ortho intramolecular Hbond substituents is 1. The standard InChI is InChI=1S/C23H16BrClN4O2/c24-17-8-11-21(30)20(12-17)23(31)27-26-13-16-14-29(19-4-2-1-3-5-19)28-22(16)15-6-9-18(25)10-7-15/h1-14,30H,(H,27,31). The van der Waals surface area contributed by atoms with Crippen LogP contribution >= 0.6 is 27.5 Å². The molecule has 3 aromatic carbocycles. The molecule has 0 unspecified atom stereocenters. The summed E-state index contributed by atoms with van der Waals surface area (Å²) in [6.07, 6.45) is 3.34. The van der Waals surface area contributed by atoms with E-state index in [9.17, 15) is 9.90 Å². The molecule has 6 nitrogen and oxygen atoms in total. The summed E-state index contributed by atoms with van der Waals surface area (Å²) < 4.78 is 2.42. The number of rotatable bonds is 5. The van der Waals surface area contributed by atoms with Gasteiger partial charge in [0.2, 0.25) is 0 Å². The van der Waals surface area contributed by atoms with Crippen LogP contribution < -0.4 is 5.43 Å². The highest BCUT2D eigenvalue weighted by Gasteiger charge is 2.13. The van der Waals surface area contributed by atoms with Crippen molar-refractivity contribution in [2.45, 2.75) is 0 Å². The van der Waals surface area contributed by atoms with Gasteiger partial charge in [0.1, 0.15) is 11.4 Å². The quantitative estimate of drug-likeness (QED) is 0.286.